The van der Waals surface area contributed by atoms with Crippen molar-refractivity contribution >= 4 is 10.0 Å². The molecule has 0 radical (unpaired) electrons. The van der Waals surface area contributed by atoms with Crippen molar-refractivity contribution in [3.8, 4) is 0 Å². The molecule has 1 fully saturated rings. The van der Waals surface area contributed by atoms with Crippen molar-refractivity contribution in [3.63, 3.8) is 0 Å². The van der Waals surface area contributed by atoms with Gasteiger partial charge in [-0.2, -0.15) is 4.31 Å². The van der Waals surface area contributed by atoms with Gasteiger partial charge in [0, 0.05) is 39.4 Å². The first-order valence-corrected chi connectivity index (χ1v) is 8.12. The highest BCUT2D eigenvalue weighted by Gasteiger charge is 2.34. The minimum Gasteiger partial charge on any atom is -0.327 e. The van der Waals surface area contributed by atoms with Crippen LogP contribution >= 0.6 is 0 Å². The van der Waals surface area contributed by atoms with E-state index in [2.05, 4.69) is 0 Å². The molecule has 1 saturated heterocycles. The Labute approximate surface area is 122 Å². The van der Waals surface area contributed by atoms with Gasteiger partial charge in [0.05, 0.1) is 0 Å². The Balaban J connectivity index is 2.51. The minimum absolute atomic E-state index is 0.0184. The zero-order chi connectivity index (χ0) is 15.9. The summed E-state index contributed by atoms with van der Waals surface area (Å²) in [5.41, 5.74) is 4.52. The van der Waals surface area contributed by atoms with E-state index in [4.69, 9.17) is 5.73 Å². The largest absolute Gasteiger partial charge is 0.330 e. The van der Waals surface area contributed by atoms with Gasteiger partial charge in [0.15, 0.2) is 4.90 Å². The molecule has 9 heteroatoms. The van der Waals surface area contributed by atoms with Gasteiger partial charge in [-0.3, -0.25) is 9.36 Å². The molecule has 2 rings (SSSR count). The number of nitrogens with zero attached hydrogens (tertiary/aromatic N) is 3. The summed E-state index contributed by atoms with van der Waals surface area (Å²) in [6.45, 7) is 2.43. The van der Waals surface area contributed by atoms with Gasteiger partial charge in [-0.25, -0.2) is 13.2 Å². The van der Waals surface area contributed by atoms with Crippen LogP contribution in [0, 0.1) is 5.92 Å². The second-order valence-electron chi connectivity index (χ2n) is 5.54. The number of piperidine rings is 1. The van der Waals surface area contributed by atoms with Crippen LogP contribution in [-0.4, -0.2) is 41.0 Å². The molecule has 21 heavy (non-hydrogen) atoms. The summed E-state index contributed by atoms with van der Waals surface area (Å²) in [5, 5.41) is 0. The average molecular weight is 316 g/mol. The molecular weight excluding hydrogens is 296 g/mol. The second kappa shape index (κ2) is 5.39. The first-order chi connectivity index (χ1) is 9.66. The lowest BCUT2D eigenvalue weighted by Crippen LogP contribution is -2.50. The monoisotopic (exact) mass is 316 g/mol. The second-order valence-corrected chi connectivity index (χ2v) is 7.45. The lowest BCUT2D eigenvalue weighted by molar-refractivity contribution is 0.249. The summed E-state index contributed by atoms with van der Waals surface area (Å²) in [6, 6.07) is -0.0422. The van der Waals surface area contributed by atoms with Crippen molar-refractivity contribution in [3.05, 3.63) is 27.0 Å². The summed E-state index contributed by atoms with van der Waals surface area (Å²) in [4.78, 5) is 23.4. The fraction of sp³-hybridized carbons (Fsp3) is 0.667. The molecule has 1 aliphatic heterocycles. The Morgan fingerprint density at radius 2 is 1.90 bits per heavy atom. The van der Waals surface area contributed by atoms with Crippen LogP contribution in [0.2, 0.25) is 0 Å². The van der Waals surface area contributed by atoms with Gasteiger partial charge in [0.25, 0.3) is 5.56 Å². The summed E-state index contributed by atoms with van der Waals surface area (Å²) in [7, 11) is -1.25. The van der Waals surface area contributed by atoms with Crippen LogP contribution in [0.3, 0.4) is 0 Å². The van der Waals surface area contributed by atoms with E-state index in [0.717, 1.165) is 15.3 Å². The molecule has 2 heterocycles. The van der Waals surface area contributed by atoms with E-state index < -0.39 is 21.3 Å². The molecule has 1 aromatic heterocycles. The normalized spacial score (nSPS) is 24.2. The van der Waals surface area contributed by atoms with Crippen molar-refractivity contribution in [2.45, 2.75) is 24.3 Å². The molecule has 1 aliphatic rings. The summed E-state index contributed by atoms with van der Waals surface area (Å²) < 4.78 is 28.4. The van der Waals surface area contributed by atoms with Gasteiger partial charge in [-0.15, -0.1) is 0 Å². The quantitative estimate of drug-likeness (QED) is 0.710. The number of sulfonamides is 1. The predicted octanol–water partition coefficient (Wildman–Crippen LogP) is -1.56. The lowest BCUT2D eigenvalue weighted by Gasteiger charge is -2.34. The smallest absolute Gasteiger partial charge is 0.327 e. The molecule has 0 aromatic carbocycles. The zero-order valence-corrected chi connectivity index (χ0v) is 13.1. The molecule has 2 unspecified atom stereocenters. The average Bonchev–Trinajstić information content (AvgIpc) is 2.43. The molecule has 0 amide bonds. The van der Waals surface area contributed by atoms with E-state index in [9.17, 15) is 18.0 Å². The van der Waals surface area contributed by atoms with Crippen LogP contribution in [-0.2, 0) is 24.1 Å². The van der Waals surface area contributed by atoms with E-state index in [1.807, 2.05) is 6.92 Å². The Bertz CT molecular complexity index is 764. The van der Waals surface area contributed by atoms with Crippen molar-refractivity contribution in [1.29, 1.82) is 0 Å². The summed E-state index contributed by atoms with van der Waals surface area (Å²) in [5.74, 6) is 0.0184. The lowest BCUT2D eigenvalue weighted by atomic mass is 9.96. The first-order valence-electron chi connectivity index (χ1n) is 6.68. The van der Waals surface area contributed by atoms with Crippen LogP contribution in [0.15, 0.2) is 20.7 Å². The Hall–Kier alpha value is -1.45. The number of hydrogen-bond acceptors (Lipinski definition) is 5. The van der Waals surface area contributed by atoms with Gasteiger partial charge < -0.3 is 10.3 Å². The molecule has 0 spiro atoms. The first kappa shape index (κ1) is 15.9. The van der Waals surface area contributed by atoms with Crippen LogP contribution in [0.5, 0.6) is 0 Å². The molecule has 0 saturated carbocycles. The van der Waals surface area contributed by atoms with Gasteiger partial charge in [0.1, 0.15) is 0 Å². The fourth-order valence-corrected chi connectivity index (χ4v) is 4.14. The van der Waals surface area contributed by atoms with E-state index in [1.165, 1.54) is 18.4 Å². The van der Waals surface area contributed by atoms with Crippen LogP contribution in [0.4, 0.5) is 0 Å². The van der Waals surface area contributed by atoms with Crippen molar-refractivity contribution in [2.75, 3.05) is 13.1 Å². The van der Waals surface area contributed by atoms with E-state index in [1.54, 1.807) is 0 Å². The highest BCUT2D eigenvalue weighted by atomic mass is 32.2. The van der Waals surface area contributed by atoms with Crippen LogP contribution < -0.4 is 17.0 Å². The molecule has 1 aromatic rings. The Morgan fingerprint density at radius 3 is 2.48 bits per heavy atom. The van der Waals surface area contributed by atoms with Crippen molar-refractivity contribution in [2.24, 2.45) is 25.7 Å². The molecule has 2 atom stereocenters. The number of hydrogen-bond donors (Lipinski definition) is 1. The maximum atomic E-state index is 12.6. The fourth-order valence-electron chi connectivity index (χ4n) is 2.43. The number of nitrogens with two attached hydrogens (primary N) is 1. The van der Waals surface area contributed by atoms with Gasteiger partial charge >= 0.3 is 5.69 Å². The van der Waals surface area contributed by atoms with Gasteiger partial charge in [-0.05, 0) is 12.3 Å². The molecule has 0 aliphatic carbocycles. The SMILES string of the molecule is CC1CN(S(=O)(=O)c2cn(C)c(=O)n(C)c2=O)CCC1N. The summed E-state index contributed by atoms with van der Waals surface area (Å²) >= 11 is 0. The predicted molar refractivity (Wildman–Crippen MR) is 77.4 cm³/mol. The highest BCUT2D eigenvalue weighted by Crippen LogP contribution is 2.20. The zero-order valence-electron chi connectivity index (χ0n) is 12.3. The molecule has 8 nitrogen and oxygen atoms in total. The minimum atomic E-state index is -3.93. The summed E-state index contributed by atoms with van der Waals surface area (Å²) in [6.07, 6.45) is 1.63. The number of rotatable bonds is 2. The third-order valence-electron chi connectivity index (χ3n) is 3.97. The number of aryl methyl sites for hydroxylation is 1. The molecule has 0 bridgehead atoms. The van der Waals surface area contributed by atoms with Crippen molar-refractivity contribution in [1.82, 2.24) is 13.4 Å². The molecule has 118 valence electrons. The Kier molecular flexibility index (Phi) is 4.09. The maximum Gasteiger partial charge on any atom is 0.330 e. The highest BCUT2D eigenvalue weighted by molar-refractivity contribution is 7.89. The standard InChI is InChI=1S/C12H20N4O4S/c1-8-6-16(5-4-9(8)13)21(19,20)10-7-14(2)12(18)15(3)11(10)17/h7-9H,4-6,13H2,1-3H3. The molecule has 2 N–H and O–H groups in total. The third kappa shape index (κ3) is 2.68. The molecular formula is C12H20N4O4S. The Morgan fingerprint density at radius 1 is 1.29 bits per heavy atom. The van der Waals surface area contributed by atoms with Crippen LogP contribution in [0.25, 0.3) is 0 Å². The van der Waals surface area contributed by atoms with Crippen molar-refractivity contribution < 1.29 is 8.42 Å². The van der Waals surface area contributed by atoms with Gasteiger partial charge in [0.2, 0.25) is 10.0 Å². The van der Waals surface area contributed by atoms with E-state index >= 15 is 0 Å². The maximum absolute atomic E-state index is 12.6. The topological polar surface area (TPSA) is 107 Å². The van der Waals surface area contributed by atoms with E-state index in [-0.39, 0.29) is 29.9 Å². The van der Waals surface area contributed by atoms with Gasteiger partial charge in [-0.1, -0.05) is 6.92 Å². The van der Waals surface area contributed by atoms with Crippen LogP contribution in [0.1, 0.15) is 13.3 Å². The number of aromatic nitrogens is 2. The third-order valence-corrected chi connectivity index (χ3v) is 5.81. The van der Waals surface area contributed by atoms with E-state index in [0.29, 0.717) is 6.42 Å².